The summed E-state index contributed by atoms with van der Waals surface area (Å²) >= 11 is 0. The number of amides is 1. The molecule has 0 aliphatic carbocycles. The summed E-state index contributed by atoms with van der Waals surface area (Å²) in [5, 5.41) is 9.64. The molecule has 4 heterocycles. The van der Waals surface area contributed by atoms with Gasteiger partial charge in [-0.05, 0) is 56.2 Å². The molecule has 0 spiro atoms. The summed E-state index contributed by atoms with van der Waals surface area (Å²) in [5.74, 6) is 0.0859. The van der Waals surface area contributed by atoms with Gasteiger partial charge >= 0.3 is 0 Å². The molecule has 30 heavy (non-hydrogen) atoms. The first-order chi connectivity index (χ1) is 14.7. The van der Waals surface area contributed by atoms with Crippen LogP contribution in [0, 0.1) is 6.92 Å². The Bertz CT molecular complexity index is 1170. The molecule has 0 N–H and O–H groups in total. The second-order valence-electron chi connectivity index (χ2n) is 7.93. The Hall–Kier alpha value is -3.48. The van der Waals surface area contributed by atoms with Crippen molar-refractivity contribution in [3.8, 4) is 0 Å². The Balaban J connectivity index is 1.23. The first-order valence-corrected chi connectivity index (χ1v) is 10.3. The van der Waals surface area contributed by atoms with Crippen LogP contribution in [0.4, 0.5) is 0 Å². The second-order valence-corrected chi connectivity index (χ2v) is 7.93. The fourth-order valence-electron chi connectivity index (χ4n) is 4.10. The predicted molar refractivity (Wildman–Crippen MR) is 114 cm³/mol. The minimum atomic E-state index is 0.0859. The first-order valence-electron chi connectivity index (χ1n) is 10.3. The highest BCUT2D eigenvalue weighted by Crippen LogP contribution is 2.24. The average molecular weight is 400 g/mol. The lowest BCUT2D eigenvalue weighted by Gasteiger charge is -2.32. The van der Waals surface area contributed by atoms with Crippen LogP contribution in [0.1, 0.15) is 40.6 Å². The number of nitrogens with zero attached hydrogens (tertiary/aromatic N) is 6. The van der Waals surface area contributed by atoms with Crippen molar-refractivity contribution in [2.24, 2.45) is 0 Å². The van der Waals surface area contributed by atoms with E-state index in [0.29, 0.717) is 0 Å². The standard InChI is InChI=1S/C23H24N6O/c1-17-4-5-18-14-19(6-7-22(18)24-17)23(30)28-12-8-21(9-13-28)29-16-20(25-26-29)15-27-10-2-3-11-27/h2-7,10-11,14,16,21H,8-9,12-13,15H2,1H3. The van der Waals surface area contributed by atoms with Crippen molar-refractivity contribution in [1.29, 1.82) is 0 Å². The number of rotatable bonds is 4. The summed E-state index contributed by atoms with van der Waals surface area (Å²) in [6.07, 6.45) is 7.83. The van der Waals surface area contributed by atoms with Gasteiger partial charge in [0.1, 0.15) is 5.69 Å². The van der Waals surface area contributed by atoms with Crippen molar-refractivity contribution in [3.63, 3.8) is 0 Å². The largest absolute Gasteiger partial charge is 0.348 e. The topological polar surface area (TPSA) is 68.8 Å². The van der Waals surface area contributed by atoms with Crippen LogP contribution in [0.3, 0.4) is 0 Å². The zero-order chi connectivity index (χ0) is 20.5. The molecule has 7 nitrogen and oxygen atoms in total. The van der Waals surface area contributed by atoms with Crippen molar-refractivity contribution in [2.75, 3.05) is 13.1 Å². The lowest BCUT2D eigenvalue weighted by atomic mass is 10.0. The quantitative estimate of drug-likeness (QED) is 0.526. The van der Waals surface area contributed by atoms with Crippen LogP contribution < -0.4 is 0 Å². The van der Waals surface area contributed by atoms with Gasteiger partial charge in [-0.3, -0.25) is 9.78 Å². The maximum atomic E-state index is 13.0. The highest BCUT2D eigenvalue weighted by atomic mass is 16.2. The normalized spacial score (nSPS) is 15.0. The minimum Gasteiger partial charge on any atom is -0.348 e. The maximum Gasteiger partial charge on any atom is 0.253 e. The third-order valence-electron chi connectivity index (χ3n) is 5.77. The predicted octanol–water partition coefficient (Wildman–Crippen LogP) is 3.46. The van der Waals surface area contributed by atoms with Gasteiger partial charge in [0.05, 0.1) is 24.3 Å². The zero-order valence-electron chi connectivity index (χ0n) is 17.0. The fourth-order valence-corrected chi connectivity index (χ4v) is 4.10. The summed E-state index contributed by atoms with van der Waals surface area (Å²) in [5.41, 5.74) is 3.58. The molecule has 0 saturated carbocycles. The summed E-state index contributed by atoms with van der Waals surface area (Å²) in [4.78, 5) is 19.5. The first kappa shape index (κ1) is 18.5. The number of likely N-dealkylation sites (tertiary alicyclic amines) is 1. The van der Waals surface area contributed by atoms with E-state index in [2.05, 4.69) is 19.9 Å². The monoisotopic (exact) mass is 400 g/mol. The van der Waals surface area contributed by atoms with E-state index in [0.717, 1.165) is 60.3 Å². The molecule has 1 amide bonds. The number of hydrogen-bond acceptors (Lipinski definition) is 4. The third-order valence-corrected chi connectivity index (χ3v) is 5.77. The van der Waals surface area contributed by atoms with Gasteiger partial charge in [0.15, 0.2) is 0 Å². The molecular formula is C23H24N6O. The molecule has 3 aromatic heterocycles. The molecule has 4 aromatic rings. The summed E-state index contributed by atoms with van der Waals surface area (Å²) in [6.45, 7) is 4.14. The fraction of sp³-hybridized carbons (Fsp3) is 0.304. The smallest absolute Gasteiger partial charge is 0.253 e. The molecule has 7 heteroatoms. The van der Waals surface area contributed by atoms with Gasteiger partial charge in [0, 0.05) is 42.1 Å². The number of hydrogen-bond donors (Lipinski definition) is 0. The summed E-state index contributed by atoms with van der Waals surface area (Å²) < 4.78 is 4.04. The van der Waals surface area contributed by atoms with Gasteiger partial charge < -0.3 is 9.47 Å². The lowest BCUT2D eigenvalue weighted by Crippen LogP contribution is -2.39. The Labute approximate surface area is 174 Å². The van der Waals surface area contributed by atoms with Crippen LogP contribution in [0.5, 0.6) is 0 Å². The van der Waals surface area contributed by atoms with Crippen LogP contribution in [0.2, 0.25) is 0 Å². The van der Waals surface area contributed by atoms with E-state index < -0.39 is 0 Å². The van der Waals surface area contributed by atoms with E-state index in [1.54, 1.807) is 0 Å². The molecule has 1 aliphatic rings. The van der Waals surface area contributed by atoms with E-state index in [1.807, 2.05) is 77.6 Å². The second kappa shape index (κ2) is 7.74. The van der Waals surface area contributed by atoms with Crippen molar-refractivity contribution >= 4 is 16.8 Å². The van der Waals surface area contributed by atoms with Crippen molar-refractivity contribution in [2.45, 2.75) is 32.4 Å². The molecule has 152 valence electrons. The minimum absolute atomic E-state index is 0.0859. The molecule has 1 aromatic carbocycles. The Morgan fingerprint density at radius 2 is 1.90 bits per heavy atom. The van der Waals surface area contributed by atoms with Crippen LogP contribution in [0.25, 0.3) is 10.9 Å². The number of piperidine rings is 1. The number of fused-ring (bicyclic) bond motifs is 1. The van der Waals surface area contributed by atoms with E-state index >= 15 is 0 Å². The number of pyridine rings is 1. The molecule has 0 atom stereocenters. The van der Waals surface area contributed by atoms with Crippen molar-refractivity contribution in [1.82, 2.24) is 29.4 Å². The van der Waals surface area contributed by atoms with Crippen LogP contribution in [-0.4, -0.2) is 48.4 Å². The number of carbonyl (C=O) groups excluding carboxylic acids is 1. The van der Waals surface area contributed by atoms with Gasteiger partial charge in [-0.2, -0.15) is 0 Å². The van der Waals surface area contributed by atoms with Gasteiger partial charge in [0.25, 0.3) is 5.91 Å². The van der Waals surface area contributed by atoms with Gasteiger partial charge in [-0.1, -0.05) is 11.3 Å². The lowest BCUT2D eigenvalue weighted by molar-refractivity contribution is 0.0689. The third kappa shape index (κ3) is 3.70. The molecule has 5 rings (SSSR count). The van der Waals surface area contributed by atoms with Crippen LogP contribution in [-0.2, 0) is 6.54 Å². The SMILES string of the molecule is Cc1ccc2cc(C(=O)N3CCC(n4cc(Cn5cccc5)nn4)CC3)ccc2n1. The summed E-state index contributed by atoms with van der Waals surface area (Å²) in [6, 6.07) is 14.1. The molecule has 0 bridgehead atoms. The summed E-state index contributed by atoms with van der Waals surface area (Å²) in [7, 11) is 0. The average Bonchev–Trinajstić information content (AvgIpc) is 3.46. The molecule has 1 aliphatic heterocycles. The number of carbonyl (C=O) groups is 1. The maximum absolute atomic E-state index is 13.0. The highest BCUT2D eigenvalue weighted by Gasteiger charge is 2.25. The van der Waals surface area contributed by atoms with Gasteiger partial charge in [-0.25, -0.2) is 4.68 Å². The van der Waals surface area contributed by atoms with Crippen LogP contribution >= 0.6 is 0 Å². The van der Waals surface area contributed by atoms with Crippen LogP contribution in [0.15, 0.2) is 61.1 Å². The van der Waals surface area contributed by atoms with Gasteiger partial charge in [-0.15, -0.1) is 5.10 Å². The number of aryl methyl sites for hydroxylation is 1. The molecule has 0 radical (unpaired) electrons. The van der Waals surface area contributed by atoms with E-state index in [1.165, 1.54) is 0 Å². The highest BCUT2D eigenvalue weighted by molar-refractivity contribution is 5.98. The Kier molecular flexibility index (Phi) is 4.78. The molecular weight excluding hydrogens is 376 g/mol. The van der Waals surface area contributed by atoms with Crippen molar-refractivity contribution in [3.05, 3.63) is 78.0 Å². The molecule has 0 unspecified atom stereocenters. The van der Waals surface area contributed by atoms with Gasteiger partial charge in [0.2, 0.25) is 0 Å². The molecule has 1 saturated heterocycles. The van der Waals surface area contributed by atoms with E-state index in [4.69, 9.17) is 0 Å². The van der Waals surface area contributed by atoms with E-state index in [9.17, 15) is 4.79 Å². The zero-order valence-corrected chi connectivity index (χ0v) is 17.0. The van der Waals surface area contributed by atoms with E-state index in [-0.39, 0.29) is 11.9 Å². The molecule has 1 fully saturated rings. The number of aromatic nitrogens is 5. The van der Waals surface area contributed by atoms with Crippen molar-refractivity contribution < 1.29 is 4.79 Å². The Morgan fingerprint density at radius 1 is 1.10 bits per heavy atom. The number of benzene rings is 1. The Morgan fingerprint density at radius 3 is 2.70 bits per heavy atom.